The summed E-state index contributed by atoms with van der Waals surface area (Å²) in [4.78, 5) is 14.2. The zero-order chi connectivity index (χ0) is 15.6. The largest absolute Gasteiger partial charge is 0.408 e. The Morgan fingerprint density at radius 1 is 1.29 bits per heavy atom. The lowest BCUT2D eigenvalue weighted by molar-refractivity contribution is 0.0779. The van der Waals surface area contributed by atoms with Gasteiger partial charge in [-0.1, -0.05) is 22.8 Å². The van der Waals surface area contributed by atoms with Gasteiger partial charge in [0, 0.05) is 19.6 Å². The van der Waals surface area contributed by atoms with Crippen LogP contribution in [0.25, 0.3) is 0 Å². The zero-order valence-electron chi connectivity index (χ0n) is 12.9. The van der Waals surface area contributed by atoms with Gasteiger partial charge >= 0.3 is 6.01 Å². The maximum atomic E-state index is 12.8. The summed E-state index contributed by atoms with van der Waals surface area (Å²) in [6.45, 7) is 7.31. The molecule has 1 unspecified atom stereocenters. The number of rotatable bonds is 4. The lowest BCUT2D eigenvalue weighted by Gasteiger charge is -2.24. The topological polar surface area (TPSA) is 68.5 Å². The highest BCUT2D eigenvalue weighted by molar-refractivity contribution is 6.06. The SMILES string of the molecule is COC(C)N(C(=O)c1ccc(C)cc1C)c1nnc(C)o1. The Kier molecular flexibility index (Phi) is 4.37. The zero-order valence-corrected chi connectivity index (χ0v) is 12.9. The summed E-state index contributed by atoms with van der Waals surface area (Å²) in [5.74, 6) is 0.164. The minimum atomic E-state index is -0.516. The van der Waals surface area contributed by atoms with E-state index in [1.165, 1.54) is 12.0 Å². The van der Waals surface area contributed by atoms with Gasteiger partial charge in [0.1, 0.15) is 6.23 Å². The van der Waals surface area contributed by atoms with E-state index in [0.29, 0.717) is 11.5 Å². The number of hydrogen-bond acceptors (Lipinski definition) is 5. The number of nitrogens with zero attached hydrogens (tertiary/aromatic N) is 3. The van der Waals surface area contributed by atoms with E-state index in [9.17, 15) is 4.79 Å². The fourth-order valence-corrected chi connectivity index (χ4v) is 2.08. The standard InChI is InChI=1S/C15H19N3O3/c1-9-6-7-13(10(2)8-9)14(19)18(12(4)20-5)15-17-16-11(3)21-15/h6-8,12H,1-5H3. The number of amides is 1. The van der Waals surface area contributed by atoms with E-state index < -0.39 is 6.23 Å². The third-order valence-corrected chi connectivity index (χ3v) is 3.26. The van der Waals surface area contributed by atoms with Crippen molar-refractivity contribution in [2.75, 3.05) is 12.0 Å². The van der Waals surface area contributed by atoms with Gasteiger partial charge in [-0.25, -0.2) is 4.90 Å². The first kappa shape index (κ1) is 15.2. The van der Waals surface area contributed by atoms with Crippen molar-refractivity contribution in [2.24, 2.45) is 0 Å². The van der Waals surface area contributed by atoms with Crippen molar-refractivity contribution in [1.29, 1.82) is 0 Å². The molecule has 1 heterocycles. The van der Waals surface area contributed by atoms with Crippen molar-refractivity contribution in [3.8, 4) is 0 Å². The van der Waals surface area contributed by atoms with Crippen molar-refractivity contribution in [3.05, 3.63) is 40.8 Å². The lowest BCUT2D eigenvalue weighted by atomic mass is 10.0. The highest BCUT2D eigenvalue weighted by Crippen LogP contribution is 2.21. The molecule has 2 rings (SSSR count). The van der Waals surface area contributed by atoms with Gasteiger partial charge in [0.25, 0.3) is 5.91 Å². The van der Waals surface area contributed by atoms with Crippen LogP contribution in [0, 0.1) is 20.8 Å². The summed E-state index contributed by atoms with van der Waals surface area (Å²) < 4.78 is 10.6. The normalized spacial score (nSPS) is 12.2. The number of hydrogen-bond donors (Lipinski definition) is 0. The van der Waals surface area contributed by atoms with Crippen LogP contribution >= 0.6 is 0 Å². The molecule has 0 saturated heterocycles. The molecule has 0 saturated carbocycles. The van der Waals surface area contributed by atoms with Gasteiger partial charge in [-0.3, -0.25) is 4.79 Å². The molecule has 1 aromatic heterocycles. The second kappa shape index (κ2) is 6.05. The molecule has 2 aromatic rings. The summed E-state index contributed by atoms with van der Waals surface area (Å²) in [5, 5.41) is 7.69. The van der Waals surface area contributed by atoms with Crippen LogP contribution in [0.3, 0.4) is 0 Å². The summed E-state index contributed by atoms with van der Waals surface area (Å²) >= 11 is 0. The van der Waals surface area contributed by atoms with Crippen LogP contribution in [0.15, 0.2) is 22.6 Å². The predicted molar refractivity (Wildman–Crippen MR) is 78.2 cm³/mol. The third-order valence-electron chi connectivity index (χ3n) is 3.26. The summed E-state index contributed by atoms with van der Waals surface area (Å²) in [7, 11) is 1.52. The first-order valence-corrected chi connectivity index (χ1v) is 6.67. The van der Waals surface area contributed by atoms with Crippen molar-refractivity contribution >= 4 is 11.9 Å². The Balaban J connectivity index is 2.43. The minimum absolute atomic E-state index is 0.131. The van der Waals surface area contributed by atoms with Crippen LogP contribution < -0.4 is 4.90 Å². The maximum absolute atomic E-state index is 12.8. The number of anilines is 1. The smallest absolute Gasteiger partial charge is 0.327 e. The Hall–Kier alpha value is -2.21. The molecule has 1 atom stereocenters. The molecule has 0 bridgehead atoms. The molecule has 0 aliphatic heterocycles. The first-order chi connectivity index (χ1) is 9.93. The second-order valence-electron chi connectivity index (χ2n) is 4.93. The van der Waals surface area contributed by atoms with Crippen LogP contribution in [0.2, 0.25) is 0 Å². The van der Waals surface area contributed by atoms with Gasteiger partial charge in [-0.2, -0.15) is 0 Å². The van der Waals surface area contributed by atoms with Gasteiger partial charge < -0.3 is 9.15 Å². The number of ether oxygens (including phenoxy) is 1. The monoisotopic (exact) mass is 289 g/mol. The van der Waals surface area contributed by atoms with Crippen molar-refractivity contribution in [3.63, 3.8) is 0 Å². The molecule has 0 radical (unpaired) electrons. The van der Waals surface area contributed by atoms with E-state index in [-0.39, 0.29) is 11.9 Å². The van der Waals surface area contributed by atoms with Crippen LogP contribution in [-0.4, -0.2) is 29.4 Å². The highest BCUT2D eigenvalue weighted by Gasteiger charge is 2.28. The molecule has 0 spiro atoms. The Bertz CT molecular complexity index is 651. The van der Waals surface area contributed by atoms with E-state index in [4.69, 9.17) is 9.15 Å². The molecule has 0 N–H and O–H groups in total. The van der Waals surface area contributed by atoms with Gasteiger partial charge in [0.15, 0.2) is 0 Å². The molecular weight excluding hydrogens is 270 g/mol. The van der Waals surface area contributed by atoms with Crippen LogP contribution in [0.4, 0.5) is 6.01 Å². The molecule has 6 heteroatoms. The predicted octanol–water partition coefficient (Wildman–Crippen LogP) is 2.63. The van der Waals surface area contributed by atoms with Crippen molar-refractivity contribution in [1.82, 2.24) is 10.2 Å². The molecule has 1 aromatic carbocycles. The molecule has 1 amide bonds. The molecule has 0 aliphatic rings. The first-order valence-electron chi connectivity index (χ1n) is 6.67. The summed E-state index contributed by atoms with van der Waals surface area (Å²) in [6.07, 6.45) is -0.516. The number of carbonyl (C=O) groups is 1. The Morgan fingerprint density at radius 2 is 2.00 bits per heavy atom. The number of aryl methyl sites for hydroxylation is 3. The van der Waals surface area contributed by atoms with Crippen LogP contribution in [0.1, 0.15) is 34.3 Å². The molecule has 6 nitrogen and oxygen atoms in total. The molecule has 0 fully saturated rings. The van der Waals surface area contributed by atoms with E-state index in [1.807, 2.05) is 26.0 Å². The fourth-order valence-electron chi connectivity index (χ4n) is 2.08. The third kappa shape index (κ3) is 3.11. The number of aromatic nitrogens is 2. The van der Waals surface area contributed by atoms with E-state index in [0.717, 1.165) is 11.1 Å². The van der Waals surface area contributed by atoms with Gasteiger partial charge in [-0.05, 0) is 32.4 Å². The fraction of sp³-hybridized carbons (Fsp3) is 0.400. The molecular formula is C15H19N3O3. The molecule has 112 valence electrons. The number of methoxy groups -OCH3 is 1. The Morgan fingerprint density at radius 3 is 2.52 bits per heavy atom. The maximum Gasteiger partial charge on any atom is 0.327 e. The quantitative estimate of drug-likeness (QED) is 0.809. The average Bonchev–Trinajstić information content (AvgIpc) is 2.84. The Labute approximate surface area is 123 Å². The van der Waals surface area contributed by atoms with Crippen LogP contribution in [0.5, 0.6) is 0 Å². The van der Waals surface area contributed by atoms with E-state index >= 15 is 0 Å². The van der Waals surface area contributed by atoms with Gasteiger partial charge in [-0.15, -0.1) is 5.10 Å². The van der Waals surface area contributed by atoms with Crippen molar-refractivity contribution in [2.45, 2.75) is 33.9 Å². The lowest BCUT2D eigenvalue weighted by Crippen LogP contribution is -2.40. The van der Waals surface area contributed by atoms with Gasteiger partial charge in [0.2, 0.25) is 5.89 Å². The van der Waals surface area contributed by atoms with Crippen LogP contribution in [-0.2, 0) is 4.74 Å². The van der Waals surface area contributed by atoms with E-state index in [2.05, 4.69) is 10.2 Å². The average molecular weight is 289 g/mol. The van der Waals surface area contributed by atoms with Gasteiger partial charge in [0.05, 0.1) is 0 Å². The second-order valence-corrected chi connectivity index (χ2v) is 4.93. The summed E-state index contributed by atoms with van der Waals surface area (Å²) in [6, 6.07) is 5.79. The minimum Gasteiger partial charge on any atom is -0.408 e. The number of benzene rings is 1. The van der Waals surface area contributed by atoms with Crippen molar-refractivity contribution < 1.29 is 13.9 Å². The molecule has 21 heavy (non-hydrogen) atoms. The highest BCUT2D eigenvalue weighted by atomic mass is 16.5. The number of carbonyl (C=O) groups excluding carboxylic acids is 1. The van der Waals surface area contributed by atoms with E-state index in [1.54, 1.807) is 19.9 Å². The molecule has 0 aliphatic carbocycles. The summed E-state index contributed by atoms with van der Waals surface area (Å²) in [5.41, 5.74) is 2.58.